The van der Waals surface area contributed by atoms with Gasteiger partial charge in [-0.25, -0.2) is 0 Å². The summed E-state index contributed by atoms with van der Waals surface area (Å²) in [6.07, 6.45) is 3.10. The van der Waals surface area contributed by atoms with Crippen LogP contribution in [0.25, 0.3) is 0 Å². The van der Waals surface area contributed by atoms with Crippen molar-refractivity contribution in [2.24, 2.45) is 5.41 Å². The molecule has 0 bridgehead atoms. The number of rotatable bonds is 3. The molecule has 72 valence electrons. The average Bonchev–Trinajstić information content (AvgIpc) is 2.17. The second kappa shape index (κ2) is 4.38. The lowest BCUT2D eigenvalue weighted by Gasteiger charge is -2.28. The zero-order valence-electron chi connectivity index (χ0n) is 8.01. The van der Waals surface area contributed by atoms with Crippen molar-refractivity contribution in [2.45, 2.75) is 32.6 Å². The molecule has 0 spiro atoms. The third-order valence-corrected chi connectivity index (χ3v) is 2.56. The SMILES string of the molecule is CCOCC1(C#N)CCCCC1=O. The maximum atomic E-state index is 11.6. The van der Waals surface area contributed by atoms with Crippen LogP contribution in [0.4, 0.5) is 0 Å². The lowest BCUT2D eigenvalue weighted by atomic mass is 9.75. The predicted molar refractivity (Wildman–Crippen MR) is 48.0 cm³/mol. The van der Waals surface area contributed by atoms with Crippen molar-refractivity contribution in [3.63, 3.8) is 0 Å². The van der Waals surface area contributed by atoms with Crippen molar-refractivity contribution in [3.05, 3.63) is 0 Å². The van der Waals surface area contributed by atoms with Gasteiger partial charge in [0.1, 0.15) is 5.41 Å². The van der Waals surface area contributed by atoms with Gasteiger partial charge >= 0.3 is 0 Å². The molecule has 0 heterocycles. The molecule has 1 fully saturated rings. The van der Waals surface area contributed by atoms with Crippen molar-refractivity contribution in [1.82, 2.24) is 0 Å². The fraction of sp³-hybridized carbons (Fsp3) is 0.800. The van der Waals surface area contributed by atoms with E-state index in [9.17, 15) is 4.79 Å². The van der Waals surface area contributed by atoms with E-state index in [0.717, 1.165) is 12.8 Å². The van der Waals surface area contributed by atoms with Crippen LogP contribution < -0.4 is 0 Å². The Bertz CT molecular complexity index is 232. The lowest BCUT2D eigenvalue weighted by Crippen LogP contribution is -2.37. The second-order valence-corrected chi connectivity index (χ2v) is 3.46. The number of nitrogens with zero attached hydrogens (tertiary/aromatic N) is 1. The molecule has 3 heteroatoms. The molecule has 1 saturated carbocycles. The summed E-state index contributed by atoms with van der Waals surface area (Å²) in [6, 6.07) is 2.13. The molecule has 1 rings (SSSR count). The molecule has 1 atom stereocenters. The highest BCUT2D eigenvalue weighted by Gasteiger charge is 2.40. The van der Waals surface area contributed by atoms with Gasteiger partial charge in [0.05, 0.1) is 12.7 Å². The van der Waals surface area contributed by atoms with Crippen molar-refractivity contribution in [2.75, 3.05) is 13.2 Å². The number of Topliss-reactive ketones (excluding diaryl/α,β-unsaturated/α-hetero) is 1. The standard InChI is InChI=1S/C10H15NO2/c1-2-13-8-10(7-11)6-4-3-5-9(10)12/h2-6,8H2,1H3. The van der Waals surface area contributed by atoms with Crippen molar-refractivity contribution in [3.8, 4) is 6.07 Å². The molecule has 0 aromatic carbocycles. The molecule has 13 heavy (non-hydrogen) atoms. The number of hydrogen-bond donors (Lipinski definition) is 0. The minimum atomic E-state index is -0.825. The Balaban J connectivity index is 2.66. The summed E-state index contributed by atoms with van der Waals surface area (Å²) < 4.78 is 5.19. The van der Waals surface area contributed by atoms with E-state index >= 15 is 0 Å². The Morgan fingerprint density at radius 2 is 2.38 bits per heavy atom. The Morgan fingerprint density at radius 3 is 2.92 bits per heavy atom. The van der Waals surface area contributed by atoms with Gasteiger partial charge in [-0.1, -0.05) is 6.42 Å². The van der Waals surface area contributed by atoms with Gasteiger partial charge in [0.25, 0.3) is 0 Å². The van der Waals surface area contributed by atoms with Crippen molar-refractivity contribution >= 4 is 5.78 Å². The summed E-state index contributed by atoms with van der Waals surface area (Å²) in [4.78, 5) is 11.6. The quantitative estimate of drug-likeness (QED) is 0.665. The fourth-order valence-electron chi connectivity index (χ4n) is 1.67. The molecular formula is C10H15NO2. The van der Waals surface area contributed by atoms with Crippen LogP contribution in [0.2, 0.25) is 0 Å². The van der Waals surface area contributed by atoms with Crippen molar-refractivity contribution < 1.29 is 9.53 Å². The fourth-order valence-corrected chi connectivity index (χ4v) is 1.67. The molecule has 0 radical (unpaired) electrons. The maximum Gasteiger partial charge on any atom is 0.155 e. The summed E-state index contributed by atoms with van der Waals surface area (Å²) in [7, 11) is 0. The molecule has 0 saturated heterocycles. The van der Waals surface area contributed by atoms with Crippen LogP contribution in [0.3, 0.4) is 0 Å². The van der Waals surface area contributed by atoms with Gasteiger partial charge in [-0.2, -0.15) is 5.26 Å². The molecule has 1 aliphatic rings. The van der Waals surface area contributed by atoms with Gasteiger partial charge in [-0.05, 0) is 19.8 Å². The zero-order valence-corrected chi connectivity index (χ0v) is 8.01. The van der Waals surface area contributed by atoms with E-state index in [4.69, 9.17) is 10.00 Å². The Hall–Kier alpha value is -0.880. The minimum Gasteiger partial charge on any atom is -0.380 e. The Labute approximate surface area is 78.7 Å². The van der Waals surface area contributed by atoms with Gasteiger partial charge in [0.15, 0.2) is 5.78 Å². The molecule has 0 aromatic heterocycles. The monoisotopic (exact) mass is 181 g/mol. The van der Waals surface area contributed by atoms with Crippen molar-refractivity contribution in [1.29, 1.82) is 5.26 Å². The highest BCUT2D eigenvalue weighted by atomic mass is 16.5. The molecule has 0 aromatic rings. The Morgan fingerprint density at radius 1 is 1.62 bits per heavy atom. The van der Waals surface area contributed by atoms with Crippen LogP contribution in [0.15, 0.2) is 0 Å². The first kappa shape index (κ1) is 10.2. The van der Waals surface area contributed by atoms with Crippen LogP contribution in [0.1, 0.15) is 32.6 Å². The topological polar surface area (TPSA) is 50.1 Å². The molecule has 0 amide bonds. The van der Waals surface area contributed by atoms with E-state index in [-0.39, 0.29) is 12.4 Å². The van der Waals surface area contributed by atoms with Crippen LogP contribution in [0, 0.1) is 16.7 Å². The number of carbonyl (C=O) groups is 1. The normalized spacial score (nSPS) is 28.5. The first-order valence-electron chi connectivity index (χ1n) is 4.77. The van der Waals surface area contributed by atoms with Crippen LogP contribution >= 0.6 is 0 Å². The maximum absolute atomic E-state index is 11.6. The van der Waals surface area contributed by atoms with E-state index in [2.05, 4.69) is 6.07 Å². The number of ketones is 1. The largest absolute Gasteiger partial charge is 0.380 e. The predicted octanol–water partition coefficient (Wildman–Crippen LogP) is 1.68. The van der Waals surface area contributed by atoms with E-state index in [0.29, 0.717) is 19.4 Å². The molecule has 0 N–H and O–H groups in total. The number of ether oxygens (including phenoxy) is 1. The van der Waals surface area contributed by atoms with E-state index in [1.807, 2.05) is 6.92 Å². The molecule has 1 unspecified atom stereocenters. The van der Waals surface area contributed by atoms with Gasteiger partial charge in [0.2, 0.25) is 0 Å². The van der Waals surface area contributed by atoms with E-state index in [1.165, 1.54) is 0 Å². The zero-order chi connectivity index (χ0) is 9.73. The van der Waals surface area contributed by atoms with E-state index < -0.39 is 5.41 Å². The van der Waals surface area contributed by atoms with Gasteiger partial charge < -0.3 is 4.74 Å². The summed E-state index contributed by atoms with van der Waals surface area (Å²) >= 11 is 0. The first-order chi connectivity index (χ1) is 6.25. The molecule has 0 aliphatic heterocycles. The highest BCUT2D eigenvalue weighted by molar-refractivity contribution is 5.88. The molecule has 1 aliphatic carbocycles. The average molecular weight is 181 g/mol. The van der Waals surface area contributed by atoms with Gasteiger partial charge in [-0.3, -0.25) is 4.79 Å². The summed E-state index contributed by atoms with van der Waals surface area (Å²) in [5.74, 6) is 0.0645. The second-order valence-electron chi connectivity index (χ2n) is 3.46. The summed E-state index contributed by atoms with van der Waals surface area (Å²) in [6.45, 7) is 2.72. The van der Waals surface area contributed by atoms with Crippen LogP contribution in [-0.4, -0.2) is 19.0 Å². The van der Waals surface area contributed by atoms with Crippen LogP contribution in [-0.2, 0) is 9.53 Å². The minimum absolute atomic E-state index is 0.0645. The number of carbonyl (C=O) groups excluding carboxylic acids is 1. The third-order valence-electron chi connectivity index (χ3n) is 2.56. The summed E-state index contributed by atoms with van der Waals surface area (Å²) in [5, 5.41) is 8.99. The summed E-state index contributed by atoms with van der Waals surface area (Å²) in [5.41, 5.74) is -0.825. The first-order valence-corrected chi connectivity index (χ1v) is 4.77. The third kappa shape index (κ3) is 2.07. The van der Waals surface area contributed by atoms with Crippen LogP contribution in [0.5, 0.6) is 0 Å². The Kier molecular flexibility index (Phi) is 3.44. The molecule has 3 nitrogen and oxygen atoms in total. The van der Waals surface area contributed by atoms with Gasteiger partial charge in [0, 0.05) is 13.0 Å². The highest BCUT2D eigenvalue weighted by Crippen LogP contribution is 2.32. The molecular weight excluding hydrogens is 166 g/mol. The number of nitriles is 1. The lowest BCUT2D eigenvalue weighted by molar-refractivity contribution is -0.131. The number of hydrogen-bond acceptors (Lipinski definition) is 3. The smallest absolute Gasteiger partial charge is 0.155 e. The van der Waals surface area contributed by atoms with E-state index in [1.54, 1.807) is 0 Å². The van der Waals surface area contributed by atoms with Gasteiger partial charge in [-0.15, -0.1) is 0 Å².